The average molecular weight is 414 g/mol. The lowest BCUT2D eigenvalue weighted by atomic mass is 9.82. The van der Waals surface area contributed by atoms with Crippen LogP contribution in [0.15, 0.2) is 84.9 Å². The van der Waals surface area contributed by atoms with E-state index in [4.69, 9.17) is 0 Å². The number of hydrogen-bond donors (Lipinski definition) is 0. The summed E-state index contributed by atoms with van der Waals surface area (Å²) in [6, 6.07) is 29.7. The molecule has 0 spiro atoms. The molecule has 0 heterocycles. The van der Waals surface area contributed by atoms with Crippen molar-refractivity contribution in [1.82, 2.24) is 9.60 Å². The standard InChI is InChI=1S/C28H33N2O/c1-23(31)29(20-19-24-17-18-26-13-9-10-14-27(26)21-24)30(2,28-15-7-4-8-16-28)22-25-11-5-3-6-12-25/h3-16,24H,17-22H2,1-2H3/q+1. The van der Waals surface area contributed by atoms with Gasteiger partial charge in [-0.3, -0.25) is 4.79 Å². The summed E-state index contributed by atoms with van der Waals surface area (Å²) in [6.07, 6.45) is 4.51. The number of nitrogens with zero attached hydrogens (tertiary/aromatic N) is 2. The van der Waals surface area contributed by atoms with Gasteiger partial charge in [0, 0.05) is 24.6 Å². The molecule has 3 nitrogen and oxygen atoms in total. The summed E-state index contributed by atoms with van der Waals surface area (Å²) in [5.74, 6) is 0.746. The second-order valence-corrected chi connectivity index (χ2v) is 8.93. The largest absolute Gasteiger partial charge is 0.270 e. The first-order chi connectivity index (χ1) is 15.1. The van der Waals surface area contributed by atoms with Crippen LogP contribution < -0.4 is 4.59 Å². The monoisotopic (exact) mass is 413 g/mol. The van der Waals surface area contributed by atoms with E-state index in [2.05, 4.69) is 84.9 Å². The smallest absolute Gasteiger partial charge is 0.265 e. The van der Waals surface area contributed by atoms with Gasteiger partial charge in [0.05, 0.1) is 13.6 Å². The Balaban J connectivity index is 1.56. The Morgan fingerprint density at radius 2 is 1.52 bits per heavy atom. The maximum atomic E-state index is 12.9. The van der Waals surface area contributed by atoms with Crippen molar-refractivity contribution in [2.45, 2.75) is 39.2 Å². The van der Waals surface area contributed by atoms with E-state index in [1.807, 2.05) is 12.1 Å². The molecular formula is C28H33N2O+. The first-order valence-electron chi connectivity index (χ1n) is 11.4. The number of fused-ring (bicyclic) bond motifs is 1. The first kappa shape index (κ1) is 21.3. The van der Waals surface area contributed by atoms with Crippen molar-refractivity contribution < 1.29 is 4.79 Å². The van der Waals surface area contributed by atoms with Gasteiger partial charge in [-0.05, 0) is 42.7 Å². The van der Waals surface area contributed by atoms with Gasteiger partial charge in [-0.15, -0.1) is 0 Å². The van der Waals surface area contributed by atoms with E-state index >= 15 is 0 Å². The highest BCUT2D eigenvalue weighted by Crippen LogP contribution is 2.31. The molecule has 160 valence electrons. The van der Waals surface area contributed by atoms with Crippen molar-refractivity contribution in [3.05, 3.63) is 102 Å². The number of carbonyl (C=O) groups is 1. The van der Waals surface area contributed by atoms with Gasteiger partial charge in [0.25, 0.3) is 5.91 Å². The first-order valence-corrected chi connectivity index (χ1v) is 11.4. The highest BCUT2D eigenvalue weighted by atomic mass is 16.2. The van der Waals surface area contributed by atoms with Crippen molar-refractivity contribution >= 4 is 11.6 Å². The summed E-state index contributed by atoms with van der Waals surface area (Å²) in [7, 11) is 2.17. The number of quaternary nitrogens is 1. The van der Waals surface area contributed by atoms with Crippen LogP contribution in [0.4, 0.5) is 5.69 Å². The van der Waals surface area contributed by atoms with Crippen LogP contribution in [0.3, 0.4) is 0 Å². The molecule has 0 aliphatic heterocycles. The normalized spacial score (nSPS) is 17.4. The van der Waals surface area contributed by atoms with Crippen molar-refractivity contribution in [2.75, 3.05) is 13.6 Å². The fourth-order valence-corrected chi connectivity index (χ4v) is 5.02. The molecule has 0 saturated carbocycles. The third-order valence-electron chi connectivity index (χ3n) is 6.74. The van der Waals surface area contributed by atoms with Crippen molar-refractivity contribution in [3.8, 4) is 0 Å². The second-order valence-electron chi connectivity index (χ2n) is 8.93. The number of carbonyl (C=O) groups excluding carboxylic acids is 1. The minimum Gasteiger partial charge on any atom is -0.270 e. The summed E-state index contributed by atoms with van der Waals surface area (Å²) in [6.45, 7) is 3.22. The van der Waals surface area contributed by atoms with Crippen LogP contribution in [-0.4, -0.2) is 24.5 Å². The Labute approximate surface area is 186 Å². The molecule has 3 aromatic rings. The van der Waals surface area contributed by atoms with E-state index in [0.29, 0.717) is 10.5 Å². The summed E-state index contributed by atoms with van der Waals surface area (Å²) >= 11 is 0. The summed E-state index contributed by atoms with van der Waals surface area (Å²) in [5.41, 5.74) is 5.34. The predicted molar refractivity (Wildman–Crippen MR) is 128 cm³/mol. The maximum Gasteiger partial charge on any atom is 0.265 e. The zero-order valence-electron chi connectivity index (χ0n) is 18.7. The average Bonchev–Trinajstić information content (AvgIpc) is 2.80. The van der Waals surface area contributed by atoms with Crippen LogP contribution in [-0.2, 0) is 24.2 Å². The van der Waals surface area contributed by atoms with E-state index in [-0.39, 0.29) is 5.91 Å². The van der Waals surface area contributed by atoms with E-state index in [0.717, 1.165) is 38.0 Å². The molecule has 3 heteroatoms. The highest BCUT2D eigenvalue weighted by Gasteiger charge is 2.36. The van der Waals surface area contributed by atoms with Crippen LogP contribution in [0.25, 0.3) is 0 Å². The topological polar surface area (TPSA) is 20.3 Å². The predicted octanol–water partition coefficient (Wildman–Crippen LogP) is 5.78. The number of para-hydroxylation sites is 1. The van der Waals surface area contributed by atoms with E-state index in [9.17, 15) is 4.79 Å². The quantitative estimate of drug-likeness (QED) is 0.355. The van der Waals surface area contributed by atoms with Crippen LogP contribution in [0, 0.1) is 5.92 Å². The van der Waals surface area contributed by atoms with Gasteiger partial charge in [0.15, 0.2) is 5.69 Å². The molecule has 0 saturated heterocycles. The lowest BCUT2D eigenvalue weighted by Crippen LogP contribution is -2.60. The van der Waals surface area contributed by atoms with E-state index < -0.39 is 0 Å². The Kier molecular flexibility index (Phi) is 6.53. The minimum absolute atomic E-state index is 0.124. The Morgan fingerprint density at radius 3 is 2.19 bits per heavy atom. The van der Waals surface area contributed by atoms with Crippen LogP contribution >= 0.6 is 0 Å². The zero-order chi connectivity index (χ0) is 21.7. The van der Waals surface area contributed by atoms with Gasteiger partial charge in [-0.25, -0.2) is 0 Å². The Morgan fingerprint density at radius 1 is 0.903 bits per heavy atom. The Hall–Kier alpha value is -2.91. The number of amides is 1. The van der Waals surface area contributed by atoms with Gasteiger partial charge in [0.1, 0.15) is 6.54 Å². The molecule has 2 atom stereocenters. The number of hydrogen-bond acceptors (Lipinski definition) is 1. The molecule has 2 unspecified atom stereocenters. The number of benzene rings is 3. The summed E-state index contributed by atoms with van der Waals surface area (Å²) < 4.78 is 0.462. The maximum absolute atomic E-state index is 12.9. The molecule has 0 aromatic heterocycles. The molecule has 1 aliphatic rings. The third kappa shape index (κ3) is 4.88. The minimum atomic E-state index is 0.124. The molecule has 31 heavy (non-hydrogen) atoms. The molecule has 1 aliphatic carbocycles. The molecule has 0 radical (unpaired) electrons. The number of rotatable bonds is 7. The summed E-state index contributed by atoms with van der Waals surface area (Å²) in [5, 5.41) is 2.06. The highest BCUT2D eigenvalue weighted by molar-refractivity contribution is 5.74. The molecule has 1 amide bonds. The lowest BCUT2D eigenvalue weighted by Gasteiger charge is -2.42. The van der Waals surface area contributed by atoms with Gasteiger partial charge in [0.2, 0.25) is 0 Å². The van der Waals surface area contributed by atoms with Gasteiger partial charge >= 0.3 is 0 Å². The summed E-state index contributed by atoms with van der Waals surface area (Å²) in [4.78, 5) is 12.9. The van der Waals surface area contributed by atoms with Crippen LogP contribution in [0.5, 0.6) is 0 Å². The van der Waals surface area contributed by atoms with E-state index in [1.54, 1.807) is 6.92 Å². The molecule has 0 fully saturated rings. The fraction of sp³-hybridized carbons (Fsp3) is 0.321. The molecule has 4 rings (SSSR count). The fourth-order valence-electron chi connectivity index (χ4n) is 5.02. The Bertz CT molecular complexity index is 1000. The molecule has 0 N–H and O–H groups in total. The van der Waals surface area contributed by atoms with Crippen molar-refractivity contribution in [1.29, 1.82) is 0 Å². The van der Waals surface area contributed by atoms with Crippen molar-refractivity contribution in [3.63, 3.8) is 0 Å². The van der Waals surface area contributed by atoms with Crippen molar-refractivity contribution in [2.24, 2.45) is 5.92 Å². The zero-order valence-corrected chi connectivity index (χ0v) is 18.7. The number of aryl methyl sites for hydroxylation is 1. The molecule has 0 bridgehead atoms. The van der Waals surface area contributed by atoms with Gasteiger partial charge in [-0.2, -0.15) is 9.60 Å². The third-order valence-corrected chi connectivity index (χ3v) is 6.74. The van der Waals surface area contributed by atoms with Crippen LogP contribution in [0.2, 0.25) is 0 Å². The second kappa shape index (κ2) is 9.49. The molecular weight excluding hydrogens is 380 g/mol. The van der Waals surface area contributed by atoms with Crippen LogP contribution in [0.1, 0.15) is 36.5 Å². The van der Waals surface area contributed by atoms with E-state index in [1.165, 1.54) is 23.1 Å². The SMILES string of the molecule is CC(=O)N(CCC1CCc2ccccc2C1)[N+](C)(Cc1ccccc1)c1ccccc1. The van der Waals surface area contributed by atoms with Gasteiger partial charge < -0.3 is 0 Å². The lowest BCUT2D eigenvalue weighted by molar-refractivity contribution is -0.144. The van der Waals surface area contributed by atoms with Gasteiger partial charge in [-0.1, -0.05) is 72.8 Å². The molecule has 3 aromatic carbocycles.